The number of hydrogen-bond donors (Lipinski definition) is 0. The van der Waals surface area contributed by atoms with Gasteiger partial charge < -0.3 is 4.74 Å². The summed E-state index contributed by atoms with van der Waals surface area (Å²) < 4.78 is 5.79. The number of esters is 1. The first-order valence-corrected chi connectivity index (χ1v) is 12.3. The highest BCUT2D eigenvalue weighted by Gasteiger charge is 2.39. The molecular weight excluding hydrogens is 430 g/mol. The van der Waals surface area contributed by atoms with E-state index in [-0.39, 0.29) is 18.5 Å². The minimum Gasteiger partial charge on any atom is -0.461 e. The Balaban J connectivity index is 1.74. The largest absolute Gasteiger partial charge is 0.461 e. The van der Waals surface area contributed by atoms with E-state index < -0.39 is 5.41 Å². The van der Waals surface area contributed by atoms with Gasteiger partial charge in [0.2, 0.25) is 0 Å². The van der Waals surface area contributed by atoms with E-state index in [1.54, 1.807) is 0 Å². The van der Waals surface area contributed by atoms with Crippen LogP contribution in [0.1, 0.15) is 44.7 Å². The summed E-state index contributed by atoms with van der Waals surface area (Å²) in [5.41, 5.74) is 5.97. The topological polar surface area (TPSA) is 39.2 Å². The van der Waals surface area contributed by atoms with Gasteiger partial charge in [-0.25, -0.2) is 0 Å². The molecule has 0 bridgehead atoms. The van der Waals surface area contributed by atoms with E-state index in [9.17, 15) is 4.79 Å². The van der Waals surface area contributed by atoms with Gasteiger partial charge in [0.05, 0.1) is 11.6 Å². The first-order valence-electron chi connectivity index (χ1n) is 12.3. The lowest BCUT2D eigenvalue weighted by Gasteiger charge is -2.36. The van der Waals surface area contributed by atoms with E-state index in [4.69, 9.17) is 4.74 Å². The lowest BCUT2D eigenvalue weighted by atomic mass is 9.67. The van der Waals surface area contributed by atoms with Gasteiger partial charge >= 0.3 is 5.97 Å². The van der Waals surface area contributed by atoms with Crippen LogP contribution in [-0.4, -0.2) is 11.0 Å². The molecule has 4 rings (SSSR count). The zero-order valence-corrected chi connectivity index (χ0v) is 20.8. The number of pyridine rings is 1. The summed E-state index contributed by atoms with van der Waals surface area (Å²) >= 11 is 0. The van der Waals surface area contributed by atoms with Gasteiger partial charge in [0.15, 0.2) is 0 Å². The number of nitrogens with zero attached hydrogens (tertiary/aromatic N) is 1. The Kier molecular flexibility index (Phi) is 7.77. The van der Waals surface area contributed by atoms with Crippen molar-refractivity contribution in [2.75, 3.05) is 0 Å². The summed E-state index contributed by atoms with van der Waals surface area (Å²) in [5, 5.41) is 0. The fourth-order valence-corrected chi connectivity index (χ4v) is 4.80. The first-order chi connectivity index (χ1) is 17.0. The molecule has 1 aromatic heterocycles. The Labute approximate surface area is 208 Å². The monoisotopic (exact) mass is 463 g/mol. The highest BCUT2D eigenvalue weighted by molar-refractivity contribution is 5.78. The number of ether oxygens (including phenoxy) is 1. The van der Waals surface area contributed by atoms with Crippen LogP contribution in [0.3, 0.4) is 0 Å². The van der Waals surface area contributed by atoms with Crippen LogP contribution in [0, 0.1) is 5.92 Å². The molecule has 0 N–H and O–H groups in total. The Morgan fingerprint density at radius 3 is 2.23 bits per heavy atom. The Hall–Kier alpha value is -3.72. The number of hydrogen-bond acceptors (Lipinski definition) is 3. The van der Waals surface area contributed by atoms with Crippen molar-refractivity contribution in [3.05, 3.63) is 114 Å². The predicted octanol–water partition coefficient (Wildman–Crippen LogP) is 7.85. The van der Waals surface area contributed by atoms with Crippen molar-refractivity contribution in [1.82, 2.24) is 4.98 Å². The second-order valence-corrected chi connectivity index (χ2v) is 9.32. The summed E-state index contributed by atoms with van der Waals surface area (Å²) in [6.45, 7) is 6.64. The van der Waals surface area contributed by atoms with E-state index in [1.165, 1.54) is 0 Å². The van der Waals surface area contributed by atoms with Crippen molar-refractivity contribution in [3.63, 3.8) is 0 Å². The molecule has 2 atom stereocenters. The molecule has 0 aliphatic carbocycles. The average molecular weight is 464 g/mol. The summed E-state index contributed by atoms with van der Waals surface area (Å²) in [6, 6.07) is 32.7. The maximum atomic E-state index is 13.3. The zero-order valence-electron chi connectivity index (χ0n) is 20.8. The minimum absolute atomic E-state index is 0.177. The number of benzene rings is 3. The van der Waals surface area contributed by atoms with Crippen LogP contribution in [0.4, 0.5) is 0 Å². The van der Waals surface area contributed by atoms with Crippen molar-refractivity contribution >= 4 is 5.97 Å². The summed E-state index contributed by atoms with van der Waals surface area (Å²) in [4.78, 5) is 18.0. The van der Waals surface area contributed by atoms with E-state index in [0.29, 0.717) is 0 Å². The molecule has 0 aliphatic rings. The van der Waals surface area contributed by atoms with E-state index in [2.05, 4.69) is 61.3 Å². The normalized spacial score (nSPS) is 13.6. The number of rotatable bonds is 9. The van der Waals surface area contributed by atoms with Crippen molar-refractivity contribution < 1.29 is 9.53 Å². The quantitative estimate of drug-likeness (QED) is 0.237. The molecule has 3 heteroatoms. The first kappa shape index (κ1) is 24.4. The van der Waals surface area contributed by atoms with Gasteiger partial charge in [-0.2, -0.15) is 0 Å². The van der Waals surface area contributed by atoms with Crippen LogP contribution in [0.15, 0.2) is 103 Å². The van der Waals surface area contributed by atoms with Crippen LogP contribution in [0.25, 0.3) is 22.4 Å². The third-order valence-corrected chi connectivity index (χ3v) is 6.99. The van der Waals surface area contributed by atoms with Gasteiger partial charge in [0, 0.05) is 17.2 Å². The lowest BCUT2D eigenvalue weighted by molar-refractivity contribution is -0.151. The maximum absolute atomic E-state index is 13.3. The molecule has 2 unspecified atom stereocenters. The van der Waals surface area contributed by atoms with Crippen molar-refractivity contribution in [2.45, 2.75) is 45.6 Å². The highest BCUT2D eigenvalue weighted by Crippen LogP contribution is 2.43. The smallest absolute Gasteiger partial charge is 0.309 e. The lowest BCUT2D eigenvalue weighted by Crippen LogP contribution is -2.37. The van der Waals surface area contributed by atoms with Gasteiger partial charge in [-0.1, -0.05) is 106 Å². The summed E-state index contributed by atoms with van der Waals surface area (Å²) in [5.74, 6) is -0.500. The van der Waals surface area contributed by atoms with E-state index in [0.717, 1.165) is 46.4 Å². The second-order valence-electron chi connectivity index (χ2n) is 9.32. The average Bonchev–Trinajstić information content (AvgIpc) is 2.92. The standard InChI is InChI=1S/C32H33NO2/c1-4-20-32(3,24(2)31(34)35-23-25-13-7-5-8-14-25)29-19-18-27(26-15-9-6-10-16-26)22-28(29)30-17-11-12-21-33-30/h5-19,21-22,24H,4,20,23H2,1-3H3. The molecule has 178 valence electrons. The van der Waals surface area contributed by atoms with E-state index in [1.807, 2.05) is 67.7 Å². The molecule has 3 aromatic carbocycles. The molecule has 4 aromatic rings. The molecule has 35 heavy (non-hydrogen) atoms. The molecule has 0 radical (unpaired) electrons. The van der Waals surface area contributed by atoms with Gasteiger partial charge in [0.1, 0.15) is 6.61 Å². The second kappa shape index (κ2) is 11.1. The number of carbonyl (C=O) groups is 1. The fraction of sp³-hybridized carbons (Fsp3) is 0.250. The summed E-state index contributed by atoms with van der Waals surface area (Å²) in [7, 11) is 0. The predicted molar refractivity (Wildman–Crippen MR) is 143 cm³/mol. The van der Waals surface area contributed by atoms with Gasteiger partial charge in [0.25, 0.3) is 0 Å². The van der Waals surface area contributed by atoms with Crippen LogP contribution < -0.4 is 0 Å². The SMILES string of the molecule is CCCC(C)(c1ccc(-c2ccccc2)cc1-c1ccccn1)C(C)C(=O)OCc1ccccc1. The zero-order chi connectivity index (χ0) is 24.7. The molecule has 0 spiro atoms. The number of aromatic nitrogens is 1. The van der Waals surface area contributed by atoms with Crippen LogP contribution in [0.5, 0.6) is 0 Å². The molecule has 0 aliphatic heterocycles. The van der Waals surface area contributed by atoms with Crippen LogP contribution in [-0.2, 0) is 21.6 Å². The molecule has 3 nitrogen and oxygen atoms in total. The molecule has 0 saturated carbocycles. The highest BCUT2D eigenvalue weighted by atomic mass is 16.5. The molecule has 0 fully saturated rings. The molecule has 0 amide bonds. The Morgan fingerprint density at radius 2 is 1.57 bits per heavy atom. The number of carbonyl (C=O) groups excluding carboxylic acids is 1. The van der Waals surface area contributed by atoms with Crippen molar-refractivity contribution in [3.8, 4) is 22.4 Å². The van der Waals surface area contributed by atoms with Crippen molar-refractivity contribution in [1.29, 1.82) is 0 Å². The maximum Gasteiger partial charge on any atom is 0.309 e. The molecule has 0 saturated heterocycles. The molecule has 1 heterocycles. The third-order valence-electron chi connectivity index (χ3n) is 6.99. The van der Waals surface area contributed by atoms with E-state index >= 15 is 0 Å². The fourth-order valence-electron chi connectivity index (χ4n) is 4.80. The van der Waals surface area contributed by atoms with Crippen molar-refractivity contribution in [2.24, 2.45) is 5.92 Å². The molecular formula is C32H33NO2. The van der Waals surface area contributed by atoms with Gasteiger partial charge in [-0.15, -0.1) is 0 Å². The van der Waals surface area contributed by atoms with Crippen LogP contribution >= 0.6 is 0 Å². The van der Waals surface area contributed by atoms with Gasteiger partial charge in [-0.3, -0.25) is 9.78 Å². The minimum atomic E-state index is -0.412. The Morgan fingerprint density at radius 1 is 0.886 bits per heavy atom. The third kappa shape index (κ3) is 5.51. The Bertz CT molecular complexity index is 1240. The summed E-state index contributed by atoms with van der Waals surface area (Å²) in [6.07, 6.45) is 3.64. The van der Waals surface area contributed by atoms with Crippen LogP contribution in [0.2, 0.25) is 0 Å². The van der Waals surface area contributed by atoms with Gasteiger partial charge in [-0.05, 0) is 46.9 Å².